The summed E-state index contributed by atoms with van der Waals surface area (Å²) >= 11 is 4.01. The number of nitrogens with two attached hydrogens (primary N) is 6. The normalized spacial score (nSPS) is 10.9. The van der Waals surface area contributed by atoms with Crippen molar-refractivity contribution in [2.24, 2.45) is 33.2 Å². The molecule has 131 heavy (non-hydrogen) atoms. The van der Waals surface area contributed by atoms with Crippen LogP contribution in [-0.4, -0.2) is 108 Å². The zero-order chi connectivity index (χ0) is 94.0. The Morgan fingerprint density at radius 1 is 0.458 bits per heavy atom. The molecular weight excluding hydrogens is 1930 g/mol. The number of nitrogen functional groups attached to an aromatic ring is 4. The van der Waals surface area contributed by atoms with Crippen molar-refractivity contribution in [3.63, 3.8) is 0 Å². The molecule has 18 aromatic rings. The van der Waals surface area contributed by atoms with Crippen molar-refractivity contribution in [3.8, 4) is 93.0 Å². The van der Waals surface area contributed by atoms with Crippen LogP contribution in [0, 0.1) is 53.2 Å². The number of amidine groups is 4. The van der Waals surface area contributed by atoms with E-state index in [9.17, 15) is 9.59 Å². The average molecular weight is 2000 g/mol. The van der Waals surface area contributed by atoms with Crippen LogP contribution in [0.4, 0.5) is 29.0 Å². The summed E-state index contributed by atoms with van der Waals surface area (Å²) in [5.74, 6) is 9.34. The number of imidazole rings is 3. The molecule has 0 spiro atoms. The number of aldehydes is 2. The van der Waals surface area contributed by atoms with Crippen molar-refractivity contribution in [3.05, 3.63) is 301 Å². The number of nitriles is 2. The molecule has 0 saturated carbocycles. The number of furan rings is 11. The van der Waals surface area contributed by atoms with E-state index in [1.807, 2.05) is 26.0 Å². The molecule has 0 aliphatic heterocycles. The number of hydrogen-bond donors (Lipinski definition) is 13. The van der Waals surface area contributed by atoms with Gasteiger partial charge in [0.2, 0.25) is 5.84 Å². The van der Waals surface area contributed by atoms with E-state index in [1.165, 1.54) is 0 Å². The summed E-state index contributed by atoms with van der Waals surface area (Å²) < 4.78 is 72.6. The van der Waals surface area contributed by atoms with Crippen LogP contribution in [0.3, 0.4) is 0 Å². The molecule has 0 aliphatic carbocycles. The van der Waals surface area contributed by atoms with E-state index in [0.29, 0.717) is 172 Å². The van der Waals surface area contributed by atoms with Crippen molar-refractivity contribution in [1.29, 1.82) is 21.3 Å². The number of oxime groups is 2. The number of nitrogens with zero attached hydrogens (tertiary/aromatic N) is 10. The third kappa shape index (κ3) is 25.0. The summed E-state index contributed by atoms with van der Waals surface area (Å²) in [5, 5.41) is 55.6. The summed E-state index contributed by atoms with van der Waals surface area (Å²) in [5.41, 5.74) is 40.5. The number of fused-ring (bicyclic) bond motifs is 3. The maximum atomic E-state index is 10.3. The number of ether oxygens (including phenoxy) is 2. The number of aromatic amines is 3. The SMILES string of the molecule is CCOC(OCC)c1cc[c]([Sn]([CH3])([CH3])[CH3])o1.N#Cc1ccc(N)c(N)c1.N/C(=N/O)c1ccc2nc(-c3ccc(-c4ccc(/C(N)=N\O)o4)o3)[nH]c2c1.N=C(N)c1ccc2nc(-c3ccc(-c4ccc(C(=N)N)o4)o3)[nH]c2c1.O=Cc1ccc(Br)o1.[C-]#[N+]c1ccc(-c2ccc(-c3nc4ccc(C#N)cc4[nH]3)o2)o1.[C-]#[N+]c1ccc(-c2ccc(C=O)o2)o1.[C-]#[N+]c1ccc(Br)o1. The van der Waals surface area contributed by atoms with Crippen LogP contribution in [0.1, 0.15) is 80.8 Å². The summed E-state index contributed by atoms with van der Waals surface area (Å²) in [6, 6.07) is 61.9. The predicted octanol–water partition coefficient (Wildman–Crippen LogP) is 20.4. The maximum absolute atomic E-state index is 10.3. The number of carbonyl (C=O) groups is 2. The van der Waals surface area contributed by atoms with E-state index in [-0.39, 0.29) is 58.7 Å². The maximum Gasteiger partial charge on any atom is 0.346 e. The third-order valence-electron chi connectivity index (χ3n) is 17.6. The molecule has 0 saturated heterocycles. The van der Waals surface area contributed by atoms with Crippen molar-refractivity contribution < 1.29 is 78.1 Å². The standard InChI is InChI=1S/C17H14N6O4.C17H14N6O2.C17H8N4O2.C10H5NO3.C9H13O3.C7H7N3.C5H2BrNO.C5H3BrO2.3CH3.Sn/c18-15(22-24)8-1-2-9-10(7-8)21-17(20-9)14-6-4-12(27-14)11-3-5-13(26-11)16(19)23-25;18-15(19)8-1-2-9-10(7-8)23-17(22-9)14-6-4-12(25-14)11-3-5-13(24-11)16(20)21;1-19-16-7-6-14(23-16)13-4-5-15(22-13)17-20-11-3-2-10(9-18)8-12(11)21-17;1-11-10-5-4-9(14-10)8-3-2-7(6-12)13-8;1-3-10-9(11-4-2)8-6-5-7-12-8;8-4-5-1-2-6(9)7(10)3-5;1-7-5-3-2-4(6)8-5;6-5-2-1-4(3-7)8-5;;;;/h1-7,24-25H,(H2,18,22)(H2,19,23)(H,20,21);1-7H,(H3,18,19)(H3,20,21)(H,22,23);2-8H,(H,20,21);2-6H;5-6,9H,3-4H2,1-2H3;1-3H,9-10H2;2-3H;1-3H;3*1H3;. The zero-order valence-corrected chi connectivity index (χ0v) is 75.5. The molecule has 0 amide bonds. The van der Waals surface area contributed by atoms with E-state index in [4.69, 9.17) is 144 Å². The quantitative estimate of drug-likeness (QED) is 0.00411. The number of benzene rings is 4. The zero-order valence-electron chi connectivity index (χ0n) is 69.5. The predicted molar refractivity (Wildman–Crippen MR) is 493 cm³/mol. The van der Waals surface area contributed by atoms with E-state index in [0.717, 1.165) is 31.6 Å². The Kier molecular flexibility index (Phi) is 31.9. The van der Waals surface area contributed by atoms with Crippen molar-refractivity contribution in [2.75, 3.05) is 24.7 Å². The van der Waals surface area contributed by atoms with Gasteiger partial charge in [0, 0.05) is 11.1 Å². The number of aromatic nitrogens is 6. The van der Waals surface area contributed by atoms with Crippen LogP contribution in [0.5, 0.6) is 0 Å². The van der Waals surface area contributed by atoms with Gasteiger partial charge in [0.15, 0.2) is 137 Å². The fourth-order valence-corrected chi connectivity index (χ4v) is 14.8. The molecule has 0 fully saturated rings. The molecule has 0 aliphatic rings. The van der Waals surface area contributed by atoms with Crippen molar-refractivity contribution >= 4 is 152 Å². The van der Waals surface area contributed by atoms with Gasteiger partial charge in [-0.25, -0.2) is 15.0 Å². The van der Waals surface area contributed by atoms with Gasteiger partial charge in [0.25, 0.3) is 0 Å². The molecule has 19 N–H and O–H groups in total. The molecule has 4 aromatic carbocycles. The van der Waals surface area contributed by atoms with Gasteiger partial charge in [-0.1, -0.05) is 10.3 Å². The van der Waals surface area contributed by atoms with Gasteiger partial charge < -0.3 is 104 Å². The van der Waals surface area contributed by atoms with Crippen molar-refractivity contribution in [1.82, 2.24) is 29.9 Å². The molecule has 660 valence electrons. The minimum Gasteiger partial charge on any atom is -0.477 e. The topological polar surface area (TPSA) is 613 Å². The third-order valence-corrected chi connectivity index (χ3v) is 23.4. The Bertz CT molecular complexity index is 7320. The van der Waals surface area contributed by atoms with Gasteiger partial charge in [-0.3, -0.25) is 20.4 Å². The smallest absolute Gasteiger partial charge is 0.346 e. The molecule has 14 aromatic heterocycles. The number of carbonyl (C=O) groups excluding carboxylic acids is 2. The van der Waals surface area contributed by atoms with Gasteiger partial charge in [-0.2, -0.15) is 25.1 Å². The summed E-state index contributed by atoms with van der Waals surface area (Å²) in [6.07, 6.45) is 0.921. The first-order valence-corrected chi connectivity index (χ1v) is 49.9. The molecule has 38 nitrogen and oxygen atoms in total. The molecule has 0 atom stereocenters. The van der Waals surface area contributed by atoms with E-state index >= 15 is 0 Å². The minimum absolute atomic E-state index is 0.00238. The minimum atomic E-state index is -2.10. The first kappa shape index (κ1) is 94.6. The van der Waals surface area contributed by atoms with Crippen molar-refractivity contribution in [2.45, 2.75) is 35.0 Å². The first-order chi connectivity index (χ1) is 63.1. The molecule has 41 heteroatoms. The van der Waals surface area contributed by atoms with E-state index < -0.39 is 18.4 Å². The molecule has 0 radical (unpaired) electrons. The Balaban J connectivity index is 0.000000150. The Morgan fingerprint density at radius 3 is 1.27 bits per heavy atom. The fourth-order valence-electron chi connectivity index (χ4n) is 11.3. The van der Waals surface area contributed by atoms with Gasteiger partial charge in [0.05, 0.1) is 87.5 Å². The van der Waals surface area contributed by atoms with Crippen LogP contribution >= 0.6 is 31.9 Å². The van der Waals surface area contributed by atoms with Crippen LogP contribution in [0.25, 0.3) is 128 Å². The summed E-state index contributed by atoms with van der Waals surface area (Å²) in [6.45, 7) is 25.3. The van der Waals surface area contributed by atoms with Crippen LogP contribution in [0.2, 0.25) is 14.8 Å². The van der Waals surface area contributed by atoms with E-state index in [1.54, 1.807) is 194 Å². The Labute approximate surface area is 762 Å². The second-order valence-electron chi connectivity index (χ2n) is 27.6. The molecule has 0 bridgehead atoms. The van der Waals surface area contributed by atoms with Crippen LogP contribution < -0.4 is 38.2 Å². The first-order valence-electron chi connectivity index (χ1n) is 38.3. The number of nitrogens with one attached hydrogen (secondary N) is 5. The Hall–Kier alpha value is -17.1. The number of H-pyrrole nitrogens is 3. The van der Waals surface area contributed by atoms with Crippen LogP contribution in [-0.2, 0) is 9.47 Å². The van der Waals surface area contributed by atoms with Gasteiger partial charge >= 0.3 is 120 Å². The fraction of sp³-hybridized carbons (Fsp3) is 0.0889. The molecule has 0 unspecified atom stereocenters. The largest absolute Gasteiger partial charge is 0.477 e. The number of anilines is 2. The van der Waals surface area contributed by atoms with Crippen LogP contribution in [0.15, 0.2) is 274 Å². The number of rotatable bonds is 19. The van der Waals surface area contributed by atoms with Gasteiger partial charge in [0.1, 0.15) is 5.84 Å². The monoisotopic (exact) mass is 2000 g/mol. The molecule has 18 rings (SSSR count). The van der Waals surface area contributed by atoms with Gasteiger partial charge in [-0.15, -0.1) is 0 Å². The van der Waals surface area contributed by atoms with E-state index in [2.05, 4.69) is 114 Å². The summed E-state index contributed by atoms with van der Waals surface area (Å²) in [4.78, 5) is 59.4. The molecular formula is C90H75Br2N21O17Sn. The Morgan fingerprint density at radius 2 is 0.855 bits per heavy atom. The number of halogens is 2. The second kappa shape index (κ2) is 44.2. The summed E-state index contributed by atoms with van der Waals surface area (Å²) in [7, 11) is 0. The number of hydrogen-bond acceptors (Lipinski definition) is 28. The molecule has 14 heterocycles. The van der Waals surface area contributed by atoms with Gasteiger partial charge in [-0.05, 0) is 226 Å². The second-order valence-corrected chi connectivity index (χ2v) is 43.4. The average Bonchev–Trinajstić information content (AvgIpc) is 1.65.